The third kappa shape index (κ3) is 5.34. The van der Waals surface area contributed by atoms with Gasteiger partial charge >= 0.3 is 6.18 Å². The number of halogens is 3. The standard InChI is InChI=1S/C29H20F3NO3S/c30-29(31,32)27-14-6-13-26-25(15-16-33-28(26)27)21-9-4-10-22(17-21)36-23-11-5-12-24(18-23)37(34,35)19-20-7-2-1-3-8-20/h1-18H,19H2. The number of para-hydroxylation sites is 1. The first-order chi connectivity index (χ1) is 17.7. The molecule has 0 aliphatic heterocycles. The maximum atomic E-state index is 13.5. The molecule has 37 heavy (non-hydrogen) atoms. The Morgan fingerprint density at radius 2 is 1.46 bits per heavy atom. The van der Waals surface area contributed by atoms with Crippen molar-refractivity contribution in [1.82, 2.24) is 4.98 Å². The van der Waals surface area contributed by atoms with Crippen molar-refractivity contribution in [3.05, 3.63) is 120 Å². The van der Waals surface area contributed by atoms with Crippen LogP contribution >= 0.6 is 0 Å². The summed E-state index contributed by atoms with van der Waals surface area (Å²) in [6.45, 7) is 0. The van der Waals surface area contributed by atoms with Crippen LogP contribution in [0.2, 0.25) is 0 Å². The van der Waals surface area contributed by atoms with Crippen molar-refractivity contribution in [1.29, 1.82) is 0 Å². The van der Waals surface area contributed by atoms with Gasteiger partial charge in [-0.05, 0) is 59.2 Å². The molecule has 0 radical (unpaired) electrons. The molecule has 0 bridgehead atoms. The number of ether oxygens (including phenoxy) is 1. The van der Waals surface area contributed by atoms with Crippen LogP contribution < -0.4 is 4.74 Å². The molecule has 0 spiro atoms. The summed E-state index contributed by atoms with van der Waals surface area (Å²) < 4.78 is 72.3. The first kappa shape index (κ1) is 24.5. The number of alkyl halides is 3. The summed E-state index contributed by atoms with van der Waals surface area (Å²) >= 11 is 0. The summed E-state index contributed by atoms with van der Waals surface area (Å²) in [6.07, 6.45) is -3.18. The Kier molecular flexibility index (Phi) is 6.43. The van der Waals surface area contributed by atoms with Crippen molar-refractivity contribution < 1.29 is 26.3 Å². The van der Waals surface area contributed by atoms with Crippen LogP contribution in [-0.4, -0.2) is 13.4 Å². The minimum absolute atomic E-state index is 0.129. The SMILES string of the molecule is O=S(=O)(Cc1ccccc1)c1cccc(Oc2cccc(-c3ccnc4c(C(F)(F)F)cccc34)c2)c1. The van der Waals surface area contributed by atoms with Crippen LogP contribution in [0.3, 0.4) is 0 Å². The van der Waals surface area contributed by atoms with Crippen LogP contribution in [0, 0.1) is 0 Å². The largest absolute Gasteiger partial charge is 0.457 e. The number of rotatable bonds is 6. The van der Waals surface area contributed by atoms with Crippen LogP contribution in [0.5, 0.6) is 11.5 Å². The second kappa shape index (κ2) is 9.71. The van der Waals surface area contributed by atoms with Crippen LogP contribution in [-0.2, 0) is 21.8 Å². The second-order valence-electron chi connectivity index (χ2n) is 8.41. The number of pyridine rings is 1. The summed E-state index contributed by atoms with van der Waals surface area (Å²) in [5.74, 6) is 0.596. The van der Waals surface area contributed by atoms with Crippen LogP contribution in [0.25, 0.3) is 22.0 Å². The predicted molar refractivity (Wildman–Crippen MR) is 136 cm³/mol. The fourth-order valence-electron chi connectivity index (χ4n) is 4.13. The zero-order chi connectivity index (χ0) is 26.0. The Balaban J connectivity index is 1.45. The number of nitrogens with zero attached hydrogens (tertiary/aromatic N) is 1. The molecule has 4 aromatic carbocycles. The van der Waals surface area contributed by atoms with Crippen LogP contribution in [0.15, 0.2) is 114 Å². The van der Waals surface area contributed by atoms with Gasteiger partial charge in [-0.1, -0.05) is 60.7 Å². The van der Waals surface area contributed by atoms with E-state index in [1.807, 2.05) is 6.07 Å². The lowest BCUT2D eigenvalue weighted by Gasteiger charge is -2.13. The molecular weight excluding hydrogens is 499 g/mol. The maximum absolute atomic E-state index is 13.5. The maximum Gasteiger partial charge on any atom is 0.418 e. The summed E-state index contributed by atoms with van der Waals surface area (Å²) in [5.41, 5.74) is 0.959. The molecular formula is C29H20F3NO3S. The van der Waals surface area contributed by atoms with E-state index in [2.05, 4.69) is 4.98 Å². The van der Waals surface area contributed by atoms with Crippen molar-refractivity contribution >= 4 is 20.7 Å². The zero-order valence-corrected chi connectivity index (χ0v) is 20.1. The molecule has 0 amide bonds. The smallest absolute Gasteiger partial charge is 0.418 e. The Bertz CT molecular complexity index is 1680. The topological polar surface area (TPSA) is 56.3 Å². The minimum atomic E-state index is -4.53. The van der Waals surface area contributed by atoms with E-state index < -0.39 is 21.6 Å². The molecule has 4 nitrogen and oxygen atoms in total. The van der Waals surface area contributed by atoms with E-state index in [0.717, 1.165) is 6.07 Å². The quantitative estimate of drug-likeness (QED) is 0.231. The van der Waals surface area contributed by atoms with Gasteiger partial charge in [-0.25, -0.2) is 8.42 Å². The highest BCUT2D eigenvalue weighted by atomic mass is 32.2. The van der Waals surface area contributed by atoms with Gasteiger partial charge in [0.25, 0.3) is 0 Å². The Morgan fingerprint density at radius 1 is 0.757 bits per heavy atom. The van der Waals surface area contributed by atoms with Crippen molar-refractivity contribution in [3.63, 3.8) is 0 Å². The van der Waals surface area contributed by atoms with Gasteiger partial charge in [-0.2, -0.15) is 13.2 Å². The Labute approximate surface area is 211 Å². The average Bonchev–Trinajstić information content (AvgIpc) is 2.88. The summed E-state index contributed by atoms with van der Waals surface area (Å²) in [7, 11) is -3.60. The molecule has 1 heterocycles. The highest BCUT2D eigenvalue weighted by Gasteiger charge is 2.33. The molecule has 0 atom stereocenters. The highest BCUT2D eigenvalue weighted by Crippen LogP contribution is 2.38. The first-order valence-electron chi connectivity index (χ1n) is 11.3. The van der Waals surface area contributed by atoms with E-state index >= 15 is 0 Å². The van der Waals surface area contributed by atoms with E-state index in [1.165, 1.54) is 24.4 Å². The molecule has 0 N–H and O–H groups in total. The van der Waals surface area contributed by atoms with Crippen molar-refractivity contribution in [2.75, 3.05) is 0 Å². The van der Waals surface area contributed by atoms with E-state index in [4.69, 9.17) is 4.74 Å². The molecule has 0 saturated carbocycles. The lowest BCUT2D eigenvalue weighted by molar-refractivity contribution is -0.136. The van der Waals surface area contributed by atoms with E-state index in [1.54, 1.807) is 72.8 Å². The predicted octanol–water partition coefficient (Wildman–Crippen LogP) is 7.69. The molecule has 5 rings (SSSR count). The number of fused-ring (bicyclic) bond motifs is 1. The minimum Gasteiger partial charge on any atom is -0.457 e. The van der Waals surface area contributed by atoms with Gasteiger partial charge in [0.05, 0.1) is 21.7 Å². The fraction of sp³-hybridized carbons (Fsp3) is 0.0690. The van der Waals surface area contributed by atoms with E-state index in [-0.39, 0.29) is 16.2 Å². The van der Waals surface area contributed by atoms with Gasteiger partial charge in [0.15, 0.2) is 9.84 Å². The summed E-state index contributed by atoms with van der Waals surface area (Å²) in [4.78, 5) is 4.11. The summed E-state index contributed by atoms with van der Waals surface area (Å²) in [6, 6.07) is 27.6. The van der Waals surface area contributed by atoms with Gasteiger partial charge in [-0.3, -0.25) is 4.98 Å². The Morgan fingerprint density at radius 3 is 2.22 bits per heavy atom. The summed E-state index contributed by atoms with van der Waals surface area (Å²) in [5, 5.41) is 0.364. The van der Waals surface area contributed by atoms with Crippen molar-refractivity contribution in [2.45, 2.75) is 16.8 Å². The molecule has 5 aromatic rings. The van der Waals surface area contributed by atoms with Gasteiger partial charge in [0.2, 0.25) is 0 Å². The molecule has 0 saturated heterocycles. The van der Waals surface area contributed by atoms with Crippen LogP contribution in [0.4, 0.5) is 13.2 Å². The number of aromatic nitrogens is 1. The number of hydrogen-bond acceptors (Lipinski definition) is 4. The number of benzene rings is 4. The molecule has 0 aliphatic rings. The number of hydrogen-bond donors (Lipinski definition) is 0. The third-order valence-corrected chi connectivity index (χ3v) is 7.51. The average molecular weight is 520 g/mol. The Hall–Kier alpha value is -4.17. The molecule has 0 fully saturated rings. The molecule has 0 aliphatic carbocycles. The molecule has 0 unspecified atom stereocenters. The normalized spacial score (nSPS) is 12.0. The molecule has 186 valence electrons. The second-order valence-corrected chi connectivity index (χ2v) is 10.4. The van der Waals surface area contributed by atoms with Gasteiger partial charge in [0, 0.05) is 11.6 Å². The lowest BCUT2D eigenvalue weighted by atomic mass is 9.99. The number of sulfone groups is 1. The van der Waals surface area contributed by atoms with E-state index in [9.17, 15) is 21.6 Å². The van der Waals surface area contributed by atoms with Gasteiger partial charge < -0.3 is 4.74 Å². The third-order valence-electron chi connectivity index (χ3n) is 5.82. The van der Waals surface area contributed by atoms with E-state index in [0.29, 0.717) is 33.6 Å². The van der Waals surface area contributed by atoms with Crippen molar-refractivity contribution in [3.8, 4) is 22.6 Å². The monoisotopic (exact) mass is 519 g/mol. The first-order valence-corrected chi connectivity index (χ1v) is 13.0. The molecule has 8 heteroatoms. The molecule has 1 aromatic heterocycles. The van der Waals surface area contributed by atoms with Crippen LogP contribution in [0.1, 0.15) is 11.1 Å². The fourth-order valence-corrected chi connectivity index (χ4v) is 5.51. The highest BCUT2D eigenvalue weighted by molar-refractivity contribution is 7.90. The van der Waals surface area contributed by atoms with Crippen molar-refractivity contribution in [2.24, 2.45) is 0 Å². The van der Waals surface area contributed by atoms with Gasteiger partial charge in [-0.15, -0.1) is 0 Å². The lowest BCUT2D eigenvalue weighted by Crippen LogP contribution is -2.06. The zero-order valence-electron chi connectivity index (χ0n) is 19.3. The van der Waals surface area contributed by atoms with Gasteiger partial charge in [0.1, 0.15) is 11.5 Å².